The molecule has 164 valence electrons. The van der Waals surface area contributed by atoms with Gasteiger partial charge < -0.3 is 14.2 Å². The summed E-state index contributed by atoms with van der Waals surface area (Å²) in [5.41, 5.74) is 4.69. The van der Waals surface area contributed by atoms with E-state index in [1.165, 1.54) is 14.2 Å². The zero-order chi connectivity index (χ0) is 22.7. The Balaban J connectivity index is 2.09. The van der Waals surface area contributed by atoms with Gasteiger partial charge in [0.15, 0.2) is 5.75 Å². The predicted octanol–water partition coefficient (Wildman–Crippen LogP) is 3.73. The third-order valence-corrected chi connectivity index (χ3v) is 5.05. The van der Waals surface area contributed by atoms with Crippen molar-refractivity contribution in [3.8, 4) is 17.1 Å². The Kier molecular flexibility index (Phi) is 6.43. The van der Waals surface area contributed by atoms with Crippen molar-refractivity contribution in [2.24, 2.45) is 0 Å². The van der Waals surface area contributed by atoms with Gasteiger partial charge in [-0.1, -0.05) is 19.9 Å². The highest BCUT2D eigenvalue weighted by Gasteiger charge is 2.23. The molecule has 2 aromatic heterocycles. The Morgan fingerprint density at radius 2 is 1.48 bits per heavy atom. The lowest BCUT2D eigenvalue weighted by Crippen LogP contribution is -2.09. The summed E-state index contributed by atoms with van der Waals surface area (Å²) in [6, 6.07) is 7.58. The highest BCUT2D eigenvalue weighted by atomic mass is 16.7. The third-order valence-electron chi connectivity index (χ3n) is 5.05. The highest BCUT2D eigenvalue weighted by molar-refractivity contribution is 5.92. The summed E-state index contributed by atoms with van der Waals surface area (Å²) < 4.78 is 18.3. The number of aryl methyl sites for hydroxylation is 2. The smallest absolute Gasteiger partial charge is 0.465 e. The molecule has 3 aromatic rings. The van der Waals surface area contributed by atoms with Gasteiger partial charge in [-0.2, -0.15) is 10.2 Å². The molecule has 0 unspecified atom stereocenters. The lowest BCUT2D eigenvalue weighted by atomic mass is 10.1. The molecule has 0 fully saturated rings. The van der Waals surface area contributed by atoms with Crippen LogP contribution in [0.3, 0.4) is 0 Å². The molecule has 0 radical (unpaired) electrons. The molecule has 0 saturated carbocycles. The molecule has 3 rings (SSSR count). The lowest BCUT2D eigenvalue weighted by molar-refractivity contribution is 0.0598. The topological polar surface area (TPSA) is 97.5 Å². The number of rotatable bonds is 6. The van der Waals surface area contributed by atoms with Crippen LogP contribution in [0, 0.1) is 13.8 Å². The van der Waals surface area contributed by atoms with E-state index in [1.807, 2.05) is 52.0 Å². The molecular weight excluding hydrogens is 400 g/mol. The molecule has 0 saturated heterocycles. The fraction of sp³-hybridized carbons (Fsp3) is 0.364. The van der Waals surface area contributed by atoms with Crippen LogP contribution in [-0.4, -0.2) is 45.9 Å². The fourth-order valence-electron chi connectivity index (χ4n) is 3.47. The van der Waals surface area contributed by atoms with E-state index in [1.54, 1.807) is 9.36 Å². The van der Waals surface area contributed by atoms with Crippen LogP contribution in [0.25, 0.3) is 11.4 Å². The highest BCUT2D eigenvalue weighted by Crippen LogP contribution is 2.28. The number of nitrogens with zero attached hydrogens (tertiary/aromatic N) is 4. The first kappa shape index (κ1) is 22.1. The summed E-state index contributed by atoms with van der Waals surface area (Å²) in [6.45, 7) is 7.53. The molecule has 9 nitrogen and oxygen atoms in total. The van der Waals surface area contributed by atoms with Crippen LogP contribution in [-0.2, 0) is 22.3 Å². The Bertz CT molecular complexity index is 1130. The van der Waals surface area contributed by atoms with Crippen LogP contribution >= 0.6 is 0 Å². The van der Waals surface area contributed by atoms with Crippen LogP contribution in [0.4, 0.5) is 4.79 Å². The number of esters is 1. The number of ether oxygens (including phenoxy) is 3. The van der Waals surface area contributed by atoms with Crippen molar-refractivity contribution in [1.29, 1.82) is 0 Å². The summed E-state index contributed by atoms with van der Waals surface area (Å²) in [7, 11) is 2.62. The Hall–Kier alpha value is -3.62. The number of carbonyl (C=O) groups excluding carboxylic acids is 2. The molecule has 0 aliphatic carbocycles. The van der Waals surface area contributed by atoms with Crippen LogP contribution in [0.1, 0.15) is 47.0 Å². The first-order valence-corrected chi connectivity index (χ1v) is 9.98. The first-order valence-electron chi connectivity index (χ1n) is 9.98. The standard InChI is InChI=1S/C22H26N4O5/c1-7-17-19(21(27)29-5)13(3)25(23-17)15-10-9-11-16(12-15)26-14(4)20(18(8-2)24-26)31-22(28)30-6/h9-12H,7-8H2,1-6H3. The molecule has 1 aromatic carbocycles. The fourth-order valence-corrected chi connectivity index (χ4v) is 3.47. The Labute approximate surface area is 180 Å². The number of aromatic nitrogens is 4. The van der Waals surface area contributed by atoms with Crippen molar-refractivity contribution < 1.29 is 23.8 Å². The summed E-state index contributed by atoms with van der Waals surface area (Å²) >= 11 is 0. The van der Waals surface area contributed by atoms with Gasteiger partial charge in [-0.05, 0) is 44.9 Å². The second-order valence-electron chi connectivity index (χ2n) is 6.87. The third kappa shape index (κ3) is 4.03. The van der Waals surface area contributed by atoms with Gasteiger partial charge in [0.25, 0.3) is 0 Å². The van der Waals surface area contributed by atoms with Gasteiger partial charge in [0.1, 0.15) is 11.3 Å². The van der Waals surface area contributed by atoms with Crippen LogP contribution in [0.5, 0.6) is 5.75 Å². The van der Waals surface area contributed by atoms with Crippen LogP contribution in [0.2, 0.25) is 0 Å². The van der Waals surface area contributed by atoms with E-state index in [4.69, 9.17) is 9.47 Å². The normalized spacial score (nSPS) is 10.8. The lowest BCUT2D eigenvalue weighted by Gasteiger charge is -2.09. The maximum Gasteiger partial charge on any atom is 0.513 e. The molecule has 0 atom stereocenters. The summed E-state index contributed by atoms with van der Waals surface area (Å²) in [5.74, 6) is -0.0202. The van der Waals surface area contributed by atoms with Crippen LogP contribution < -0.4 is 4.74 Å². The van der Waals surface area contributed by atoms with Crippen molar-refractivity contribution in [2.75, 3.05) is 14.2 Å². The number of methoxy groups -OCH3 is 2. The molecule has 2 heterocycles. The average molecular weight is 426 g/mol. The molecule has 0 N–H and O–H groups in total. The minimum absolute atomic E-state index is 0.385. The van der Waals surface area contributed by atoms with E-state index in [9.17, 15) is 9.59 Å². The van der Waals surface area contributed by atoms with E-state index < -0.39 is 12.1 Å². The SMILES string of the molecule is CCc1nn(-c2cccc(-n3nc(CC)c(C(=O)OC)c3C)c2)c(C)c1OC(=O)OC. The van der Waals surface area contributed by atoms with Crippen molar-refractivity contribution in [3.05, 3.63) is 52.6 Å². The number of hydrogen-bond donors (Lipinski definition) is 0. The maximum absolute atomic E-state index is 12.2. The second-order valence-corrected chi connectivity index (χ2v) is 6.87. The van der Waals surface area contributed by atoms with Crippen LogP contribution in [0.15, 0.2) is 24.3 Å². The summed E-state index contributed by atoms with van der Waals surface area (Å²) in [6.07, 6.45) is 0.394. The van der Waals surface area contributed by atoms with Gasteiger partial charge in [-0.25, -0.2) is 19.0 Å². The van der Waals surface area contributed by atoms with Gasteiger partial charge in [-0.15, -0.1) is 0 Å². The average Bonchev–Trinajstić information content (AvgIpc) is 3.29. The Morgan fingerprint density at radius 1 is 0.903 bits per heavy atom. The molecule has 0 aliphatic rings. The van der Waals surface area contributed by atoms with Gasteiger partial charge >= 0.3 is 12.1 Å². The van der Waals surface area contributed by atoms with Crippen molar-refractivity contribution in [3.63, 3.8) is 0 Å². The molecule has 9 heteroatoms. The molecule has 31 heavy (non-hydrogen) atoms. The minimum atomic E-state index is -0.791. The molecule has 0 spiro atoms. The van der Waals surface area contributed by atoms with Gasteiger partial charge in [0.2, 0.25) is 0 Å². The number of hydrogen-bond acceptors (Lipinski definition) is 7. The zero-order valence-corrected chi connectivity index (χ0v) is 18.6. The largest absolute Gasteiger partial charge is 0.513 e. The van der Waals surface area contributed by atoms with Crippen molar-refractivity contribution >= 4 is 12.1 Å². The quantitative estimate of drug-likeness (QED) is 0.554. The van der Waals surface area contributed by atoms with Crippen molar-refractivity contribution in [1.82, 2.24) is 19.6 Å². The molecule has 0 bridgehead atoms. The van der Waals surface area contributed by atoms with E-state index in [2.05, 4.69) is 14.9 Å². The van der Waals surface area contributed by atoms with E-state index >= 15 is 0 Å². The molecule has 0 amide bonds. The second kappa shape index (κ2) is 9.03. The van der Waals surface area contributed by atoms with Gasteiger partial charge in [-0.3, -0.25) is 0 Å². The Morgan fingerprint density at radius 3 is 2.03 bits per heavy atom. The number of carbonyl (C=O) groups is 2. The van der Waals surface area contributed by atoms with Gasteiger partial charge in [0, 0.05) is 0 Å². The van der Waals surface area contributed by atoms with Gasteiger partial charge in [0.05, 0.1) is 42.7 Å². The maximum atomic E-state index is 12.2. The van der Waals surface area contributed by atoms with Crippen molar-refractivity contribution in [2.45, 2.75) is 40.5 Å². The van der Waals surface area contributed by atoms with E-state index in [0.29, 0.717) is 46.9 Å². The zero-order valence-electron chi connectivity index (χ0n) is 18.6. The van der Waals surface area contributed by atoms with E-state index in [0.717, 1.165) is 11.4 Å². The predicted molar refractivity (Wildman–Crippen MR) is 113 cm³/mol. The summed E-state index contributed by atoms with van der Waals surface area (Å²) in [4.78, 5) is 23.9. The van der Waals surface area contributed by atoms with E-state index in [-0.39, 0.29) is 0 Å². The molecular formula is C22H26N4O5. The minimum Gasteiger partial charge on any atom is -0.465 e. The monoisotopic (exact) mass is 426 g/mol. The molecule has 0 aliphatic heterocycles. The first-order chi connectivity index (χ1) is 14.9. The number of benzene rings is 1. The summed E-state index contributed by atoms with van der Waals surface area (Å²) in [5, 5.41) is 9.22.